The molecule has 6 heteroatoms. The van der Waals surface area contributed by atoms with Crippen molar-refractivity contribution in [2.24, 2.45) is 0 Å². The minimum absolute atomic E-state index is 0.0795. The molecule has 0 aliphatic carbocycles. The Morgan fingerprint density at radius 3 is 2.56 bits per heavy atom. The molecule has 0 spiro atoms. The zero-order chi connectivity index (χ0) is 18.4. The molecule has 0 bridgehead atoms. The second kappa shape index (κ2) is 8.53. The number of hydrogen-bond donors (Lipinski definition) is 1. The number of para-hydroxylation sites is 1. The van der Waals surface area contributed by atoms with Crippen molar-refractivity contribution in [1.29, 1.82) is 0 Å². The quantitative estimate of drug-likeness (QED) is 0.859. The molecule has 2 aromatic rings. The van der Waals surface area contributed by atoms with Crippen molar-refractivity contribution in [3.8, 4) is 5.75 Å². The highest BCUT2D eigenvalue weighted by atomic mass is 35.5. The summed E-state index contributed by atoms with van der Waals surface area (Å²) in [6.45, 7) is 3.54. The van der Waals surface area contributed by atoms with Crippen LogP contribution in [0.15, 0.2) is 42.5 Å². The Balaban J connectivity index is 2.05. The van der Waals surface area contributed by atoms with Crippen LogP contribution >= 0.6 is 11.6 Å². The maximum Gasteiger partial charge on any atom is 0.240 e. The van der Waals surface area contributed by atoms with Crippen LogP contribution in [0.2, 0.25) is 5.02 Å². The highest BCUT2D eigenvalue weighted by Crippen LogP contribution is 2.23. The Labute approximate surface area is 152 Å². The lowest BCUT2D eigenvalue weighted by Gasteiger charge is -2.21. The predicted molar refractivity (Wildman–Crippen MR) is 99.1 cm³/mol. The second-order valence-corrected chi connectivity index (χ2v) is 6.03. The molecule has 2 amide bonds. The lowest BCUT2D eigenvalue weighted by atomic mass is 10.2. The van der Waals surface area contributed by atoms with Crippen molar-refractivity contribution < 1.29 is 14.3 Å². The third-order valence-corrected chi connectivity index (χ3v) is 4.22. The number of nitrogens with one attached hydrogen (secondary N) is 1. The van der Waals surface area contributed by atoms with E-state index in [9.17, 15) is 9.59 Å². The van der Waals surface area contributed by atoms with Crippen molar-refractivity contribution in [2.45, 2.75) is 20.4 Å². The van der Waals surface area contributed by atoms with Gasteiger partial charge < -0.3 is 15.0 Å². The summed E-state index contributed by atoms with van der Waals surface area (Å²) in [5.74, 6) is 0.210. The highest BCUT2D eigenvalue weighted by Gasteiger charge is 2.16. The van der Waals surface area contributed by atoms with E-state index < -0.39 is 0 Å². The van der Waals surface area contributed by atoms with E-state index in [1.807, 2.05) is 37.3 Å². The Bertz CT molecular complexity index is 777. The number of nitrogens with zero attached hydrogens (tertiary/aromatic N) is 1. The van der Waals surface area contributed by atoms with Crippen LogP contribution in [-0.4, -0.2) is 25.5 Å². The summed E-state index contributed by atoms with van der Waals surface area (Å²) in [6.07, 6.45) is 0. The largest absolute Gasteiger partial charge is 0.496 e. The molecule has 0 heterocycles. The van der Waals surface area contributed by atoms with E-state index in [0.29, 0.717) is 23.0 Å². The Morgan fingerprint density at radius 2 is 1.92 bits per heavy atom. The van der Waals surface area contributed by atoms with Gasteiger partial charge >= 0.3 is 0 Å². The van der Waals surface area contributed by atoms with E-state index in [0.717, 1.165) is 11.1 Å². The van der Waals surface area contributed by atoms with Gasteiger partial charge in [0.15, 0.2) is 0 Å². The molecule has 0 aliphatic rings. The molecule has 0 fully saturated rings. The Kier molecular flexibility index (Phi) is 6.42. The van der Waals surface area contributed by atoms with Crippen LogP contribution < -0.4 is 15.0 Å². The number of carbonyl (C=O) groups excluding carboxylic acids is 2. The van der Waals surface area contributed by atoms with Gasteiger partial charge in [0.2, 0.25) is 11.8 Å². The number of methoxy groups -OCH3 is 1. The fourth-order valence-corrected chi connectivity index (χ4v) is 2.55. The molecular formula is C19H21ClN2O3. The summed E-state index contributed by atoms with van der Waals surface area (Å²) >= 11 is 6.12. The molecule has 2 rings (SSSR count). The van der Waals surface area contributed by atoms with Gasteiger partial charge in [0.1, 0.15) is 12.3 Å². The predicted octanol–water partition coefficient (Wildman–Crippen LogP) is 3.33. The summed E-state index contributed by atoms with van der Waals surface area (Å²) < 4.78 is 5.26. The summed E-state index contributed by atoms with van der Waals surface area (Å²) in [7, 11) is 1.58. The number of anilines is 1. The number of carbonyl (C=O) groups is 2. The molecule has 0 atom stereocenters. The number of rotatable bonds is 6. The van der Waals surface area contributed by atoms with Crippen LogP contribution in [0.5, 0.6) is 5.75 Å². The van der Waals surface area contributed by atoms with Crippen molar-refractivity contribution in [1.82, 2.24) is 5.32 Å². The molecule has 0 unspecified atom stereocenters. The smallest absolute Gasteiger partial charge is 0.240 e. The van der Waals surface area contributed by atoms with Crippen molar-refractivity contribution in [3.63, 3.8) is 0 Å². The lowest BCUT2D eigenvalue weighted by molar-refractivity contribution is -0.123. The van der Waals surface area contributed by atoms with Crippen molar-refractivity contribution >= 4 is 29.1 Å². The van der Waals surface area contributed by atoms with Gasteiger partial charge in [0.25, 0.3) is 0 Å². The third-order valence-electron chi connectivity index (χ3n) is 3.82. The minimum Gasteiger partial charge on any atom is -0.496 e. The molecule has 0 saturated heterocycles. The zero-order valence-electron chi connectivity index (χ0n) is 14.5. The topological polar surface area (TPSA) is 58.6 Å². The molecule has 0 aromatic heterocycles. The average molecular weight is 361 g/mol. The standard InChI is InChI=1S/C19H21ClN2O3/c1-13-8-9-16(10-17(13)20)22(14(2)23)12-19(24)21-11-15-6-4-5-7-18(15)25-3/h4-10H,11-12H2,1-3H3,(H,21,24). The van der Waals surface area contributed by atoms with Crippen LogP contribution in [0.25, 0.3) is 0 Å². The monoisotopic (exact) mass is 360 g/mol. The molecule has 0 aliphatic heterocycles. The molecule has 5 nitrogen and oxygen atoms in total. The number of benzene rings is 2. The molecular weight excluding hydrogens is 340 g/mol. The van der Waals surface area contributed by atoms with E-state index in [1.165, 1.54) is 11.8 Å². The molecule has 1 N–H and O–H groups in total. The molecule has 0 radical (unpaired) electrons. The maximum absolute atomic E-state index is 12.3. The van der Waals surface area contributed by atoms with Gasteiger partial charge in [-0.2, -0.15) is 0 Å². The number of amides is 2. The minimum atomic E-state index is -0.266. The van der Waals surface area contributed by atoms with Crippen LogP contribution in [0.1, 0.15) is 18.1 Å². The first-order valence-electron chi connectivity index (χ1n) is 7.85. The molecule has 132 valence electrons. The van der Waals surface area contributed by atoms with Gasteiger partial charge in [0.05, 0.1) is 7.11 Å². The first-order valence-corrected chi connectivity index (χ1v) is 8.23. The van der Waals surface area contributed by atoms with Gasteiger partial charge in [-0.15, -0.1) is 0 Å². The fourth-order valence-electron chi connectivity index (χ4n) is 2.38. The fraction of sp³-hybridized carbons (Fsp3) is 0.263. The van der Waals surface area contributed by atoms with Crippen LogP contribution in [0, 0.1) is 6.92 Å². The average Bonchev–Trinajstić information content (AvgIpc) is 2.60. The summed E-state index contributed by atoms with van der Waals surface area (Å²) in [5.41, 5.74) is 2.37. The first-order chi connectivity index (χ1) is 11.9. The normalized spacial score (nSPS) is 10.2. The highest BCUT2D eigenvalue weighted by molar-refractivity contribution is 6.31. The van der Waals surface area contributed by atoms with Gasteiger partial charge in [-0.25, -0.2) is 0 Å². The van der Waals surface area contributed by atoms with Crippen LogP contribution in [0.4, 0.5) is 5.69 Å². The number of hydrogen-bond acceptors (Lipinski definition) is 3. The van der Waals surface area contributed by atoms with Crippen molar-refractivity contribution in [2.75, 3.05) is 18.6 Å². The Hall–Kier alpha value is -2.53. The molecule has 25 heavy (non-hydrogen) atoms. The zero-order valence-corrected chi connectivity index (χ0v) is 15.3. The summed E-state index contributed by atoms with van der Waals surface area (Å²) in [6, 6.07) is 12.7. The van der Waals surface area contributed by atoms with E-state index >= 15 is 0 Å². The Morgan fingerprint density at radius 1 is 1.20 bits per heavy atom. The summed E-state index contributed by atoms with van der Waals surface area (Å²) in [4.78, 5) is 25.6. The first kappa shape index (κ1) is 18.8. The van der Waals surface area contributed by atoms with Gasteiger partial charge in [0, 0.05) is 29.7 Å². The third kappa shape index (κ3) is 4.97. The number of ether oxygens (including phenoxy) is 1. The van der Waals surface area contributed by atoms with Crippen LogP contribution in [0.3, 0.4) is 0 Å². The van der Waals surface area contributed by atoms with Crippen LogP contribution in [-0.2, 0) is 16.1 Å². The second-order valence-electron chi connectivity index (χ2n) is 5.63. The van der Waals surface area contributed by atoms with Gasteiger partial charge in [-0.05, 0) is 30.7 Å². The van der Waals surface area contributed by atoms with E-state index in [1.54, 1.807) is 19.2 Å². The number of halogens is 1. The summed E-state index contributed by atoms with van der Waals surface area (Å²) in [5, 5.41) is 3.36. The van der Waals surface area contributed by atoms with Gasteiger partial charge in [-0.3, -0.25) is 9.59 Å². The maximum atomic E-state index is 12.3. The van der Waals surface area contributed by atoms with E-state index in [2.05, 4.69) is 5.32 Å². The van der Waals surface area contributed by atoms with E-state index in [-0.39, 0.29) is 18.4 Å². The lowest BCUT2D eigenvalue weighted by Crippen LogP contribution is -2.39. The SMILES string of the molecule is COc1ccccc1CNC(=O)CN(C(C)=O)c1ccc(C)c(Cl)c1. The van der Waals surface area contributed by atoms with Crippen molar-refractivity contribution in [3.05, 3.63) is 58.6 Å². The van der Waals surface area contributed by atoms with Gasteiger partial charge in [-0.1, -0.05) is 35.9 Å². The molecule has 0 saturated carbocycles. The molecule has 2 aromatic carbocycles. The van der Waals surface area contributed by atoms with E-state index in [4.69, 9.17) is 16.3 Å². The number of aryl methyl sites for hydroxylation is 1.